The third-order valence-corrected chi connectivity index (χ3v) is 5.01. The number of benzene rings is 1. The number of carbonyl (C=O) groups excluding carboxylic acids is 1. The highest BCUT2D eigenvalue weighted by Crippen LogP contribution is 2.25. The molecular formula is C17H21N3O2S. The molecule has 1 aliphatic carbocycles. The molecule has 3 rings (SSSR count). The molecule has 0 atom stereocenters. The summed E-state index contributed by atoms with van der Waals surface area (Å²) < 4.78 is 5.60. The fourth-order valence-electron chi connectivity index (χ4n) is 2.62. The van der Waals surface area contributed by atoms with Crippen molar-refractivity contribution in [3.8, 4) is 5.75 Å². The molecule has 0 bridgehead atoms. The van der Waals surface area contributed by atoms with E-state index in [9.17, 15) is 4.79 Å². The summed E-state index contributed by atoms with van der Waals surface area (Å²) in [4.78, 5) is 12.0. The first kappa shape index (κ1) is 15.9. The average Bonchev–Trinajstić information content (AvgIpc) is 3.01. The SMILES string of the molecule is CC(C)c1nnc(NC(=O)COc2ccc3c(c2)CCCC3)s1. The smallest absolute Gasteiger partial charge is 0.264 e. The van der Waals surface area contributed by atoms with Gasteiger partial charge in [0, 0.05) is 5.92 Å². The van der Waals surface area contributed by atoms with E-state index in [1.54, 1.807) is 0 Å². The maximum Gasteiger partial charge on any atom is 0.264 e. The summed E-state index contributed by atoms with van der Waals surface area (Å²) in [6, 6.07) is 6.12. The highest BCUT2D eigenvalue weighted by atomic mass is 32.1. The van der Waals surface area contributed by atoms with E-state index < -0.39 is 0 Å². The molecule has 1 aromatic heterocycles. The third kappa shape index (κ3) is 4.07. The van der Waals surface area contributed by atoms with E-state index in [1.807, 2.05) is 19.9 Å². The Balaban J connectivity index is 1.54. The Labute approximate surface area is 140 Å². The number of carbonyl (C=O) groups is 1. The van der Waals surface area contributed by atoms with Gasteiger partial charge in [0.1, 0.15) is 10.8 Å². The van der Waals surface area contributed by atoms with Crippen LogP contribution in [-0.4, -0.2) is 22.7 Å². The largest absolute Gasteiger partial charge is 0.484 e. The first-order chi connectivity index (χ1) is 11.1. The van der Waals surface area contributed by atoms with Gasteiger partial charge in [0.15, 0.2) is 6.61 Å². The van der Waals surface area contributed by atoms with Gasteiger partial charge in [-0.15, -0.1) is 10.2 Å². The van der Waals surface area contributed by atoms with Crippen molar-refractivity contribution in [2.45, 2.75) is 45.4 Å². The fourth-order valence-corrected chi connectivity index (χ4v) is 3.38. The summed E-state index contributed by atoms with van der Waals surface area (Å²) in [6.07, 6.45) is 4.73. The molecule has 5 nitrogen and oxygen atoms in total. The van der Waals surface area contributed by atoms with Crippen LogP contribution in [0.5, 0.6) is 5.75 Å². The molecule has 122 valence electrons. The normalized spacial score (nSPS) is 13.7. The number of amides is 1. The zero-order chi connectivity index (χ0) is 16.2. The van der Waals surface area contributed by atoms with Gasteiger partial charge in [-0.05, 0) is 48.9 Å². The van der Waals surface area contributed by atoms with Crippen LogP contribution in [0.3, 0.4) is 0 Å². The van der Waals surface area contributed by atoms with Crippen LogP contribution in [0.4, 0.5) is 5.13 Å². The van der Waals surface area contributed by atoms with Crippen LogP contribution in [0.1, 0.15) is 48.7 Å². The summed E-state index contributed by atoms with van der Waals surface area (Å²) in [5.74, 6) is 0.847. The predicted octanol–water partition coefficient (Wildman–Crippen LogP) is 3.56. The number of hydrogen-bond donors (Lipinski definition) is 1. The summed E-state index contributed by atoms with van der Waals surface area (Å²) >= 11 is 1.40. The minimum atomic E-state index is -0.214. The number of fused-ring (bicyclic) bond motifs is 1. The summed E-state index contributed by atoms with van der Waals surface area (Å²) in [7, 11) is 0. The number of nitrogens with zero attached hydrogens (tertiary/aromatic N) is 2. The summed E-state index contributed by atoms with van der Waals surface area (Å²) in [6.45, 7) is 4.08. The van der Waals surface area contributed by atoms with E-state index in [0.29, 0.717) is 11.0 Å². The number of anilines is 1. The zero-order valence-electron chi connectivity index (χ0n) is 13.5. The van der Waals surface area contributed by atoms with Crippen molar-refractivity contribution in [2.24, 2.45) is 0 Å². The third-order valence-electron chi connectivity index (χ3n) is 3.87. The van der Waals surface area contributed by atoms with Crippen molar-refractivity contribution < 1.29 is 9.53 Å². The maximum atomic E-state index is 12.0. The Morgan fingerprint density at radius 1 is 1.26 bits per heavy atom. The molecule has 6 heteroatoms. The molecule has 23 heavy (non-hydrogen) atoms. The molecular weight excluding hydrogens is 310 g/mol. The minimum Gasteiger partial charge on any atom is -0.484 e. The van der Waals surface area contributed by atoms with Crippen molar-refractivity contribution in [2.75, 3.05) is 11.9 Å². The average molecular weight is 331 g/mol. The molecule has 1 aliphatic rings. The van der Waals surface area contributed by atoms with Crippen molar-refractivity contribution in [1.29, 1.82) is 0 Å². The number of aryl methyl sites for hydroxylation is 2. The van der Waals surface area contributed by atoms with Crippen LogP contribution in [0.15, 0.2) is 18.2 Å². The van der Waals surface area contributed by atoms with E-state index in [2.05, 4.69) is 27.6 Å². The van der Waals surface area contributed by atoms with Gasteiger partial charge in [-0.25, -0.2) is 0 Å². The molecule has 0 unspecified atom stereocenters. The molecule has 1 aromatic carbocycles. The van der Waals surface area contributed by atoms with Gasteiger partial charge in [-0.3, -0.25) is 10.1 Å². The van der Waals surface area contributed by atoms with Crippen molar-refractivity contribution in [3.05, 3.63) is 34.3 Å². The van der Waals surface area contributed by atoms with Gasteiger partial charge in [-0.2, -0.15) is 0 Å². The second-order valence-electron chi connectivity index (χ2n) is 6.07. The van der Waals surface area contributed by atoms with Crippen LogP contribution in [0.25, 0.3) is 0 Å². The fraction of sp³-hybridized carbons (Fsp3) is 0.471. The van der Waals surface area contributed by atoms with Gasteiger partial charge in [-0.1, -0.05) is 31.3 Å². The van der Waals surface area contributed by atoms with Gasteiger partial charge in [0.2, 0.25) is 5.13 Å². The lowest BCUT2D eigenvalue weighted by atomic mass is 9.92. The molecule has 0 radical (unpaired) electrons. The van der Waals surface area contributed by atoms with E-state index in [4.69, 9.17) is 4.74 Å². The van der Waals surface area contributed by atoms with Crippen LogP contribution in [0, 0.1) is 0 Å². The Hall–Kier alpha value is -1.95. The van der Waals surface area contributed by atoms with Gasteiger partial charge in [0.25, 0.3) is 5.91 Å². The van der Waals surface area contributed by atoms with Crippen molar-refractivity contribution >= 4 is 22.4 Å². The number of hydrogen-bond acceptors (Lipinski definition) is 5. The number of rotatable bonds is 5. The highest BCUT2D eigenvalue weighted by molar-refractivity contribution is 7.15. The number of nitrogens with one attached hydrogen (secondary N) is 1. The summed E-state index contributed by atoms with van der Waals surface area (Å²) in [5, 5.41) is 12.2. The molecule has 0 aliphatic heterocycles. The molecule has 0 fully saturated rings. The Bertz CT molecular complexity index is 697. The van der Waals surface area contributed by atoms with Crippen molar-refractivity contribution in [1.82, 2.24) is 10.2 Å². The van der Waals surface area contributed by atoms with E-state index in [0.717, 1.165) is 23.6 Å². The quantitative estimate of drug-likeness (QED) is 0.910. The van der Waals surface area contributed by atoms with Gasteiger partial charge >= 0.3 is 0 Å². The monoisotopic (exact) mass is 331 g/mol. The lowest BCUT2D eigenvalue weighted by molar-refractivity contribution is -0.118. The number of ether oxygens (including phenoxy) is 1. The van der Waals surface area contributed by atoms with E-state index in [-0.39, 0.29) is 12.5 Å². The molecule has 0 saturated heterocycles. The molecule has 0 saturated carbocycles. The van der Waals surface area contributed by atoms with Crippen molar-refractivity contribution in [3.63, 3.8) is 0 Å². The van der Waals surface area contributed by atoms with Gasteiger partial charge < -0.3 is 4.74 Å². The van der Waals surface area contributed by atoms with Crippen LogP contribution < -0.4 is 10.1 Å². The Morgan fingerprint density at radius 3 is 2.78 bits per heavy atom. The van der Waals surface area contributed by atoms with Crippen LogP contribution >= 0.6 is 11.3 Å². The highest BCUT2D eigenvalue weighted by Gasteiger charge is 2.12. The zero-order valence-corrected chi connectivity index (χ0v) is 14.3. The lowest BCUT2D eigenvalue weighted by Gasteiger charge is -2.16. The van der Waals surface area contributed by atoms with Gasteiger partial charge in [0.05, 0.1) is 0 Å². The lowest BCUT2D eigenvalue weighted by Crippen LogP contribution is -2.20. The second kappa shape index (κ2) is 7.08. The Morgan fingerprint density at radius 2 is 2.04 bits per heavy atom. The Kier molecular flexibility index (Phi) is 4.91. The molecule has 1 N–H and O–H groups in total. The first-order valence-corrected chi connectivity index (χ1v) is 8.81. The topological polar surface area (TPSA) is 64.1 Å². The second-order valence-corrected chi connectivity index (χ2v) is 7.08. The summed E-state index contributed by atoms with van der Waals surface area (Å²) in [5.41, 5.74) is 2.75. The van der Waals surface area contributed by atoms with Crippen LogP contribution in [-0.2, 0) is 17.6 Å². The maximum absolute atomic E-state index is 12.0. The molecule has 1 heterocycles. The van der Waals surface area contributed by atoms with Crippen LogP contribution in [0.2, 0.25) is 0 Å². The minimum absolute atomic E-state index is 0.0185. The van der Waals surface area contributed by atoms with E-state index in [1.165, 1.54) is 35.3 Å². The molecule has 1 amide bonds. The first-order valence-electron chi connectivity index (χ1n) is 7.99. The van der Waals surface area contributed by atoms with E-state index >= 15 is 0 Å². The standard InChI is InChI=1S/C17H21N3O2S/c1-11(2)16-19-20-17(23-16)18-15(21)10-22-14-8-7-12-5-3-4-6-13(12)9-14/h7-9,11H,3-6,10H2,1-2H3,(H,18,20,21). The molecule has 2 aromatic rings. The predicted molar refractivity (Wildman–Crippen MR) is 91.2 cm³/mol. The molecule has 0 spiro atoms. The number of aromatic nitrogens is 2.